The quantitative estimate of drug-likeness (QED) is 0.775. The number of carbonyl (C=O) groups excluding carboxylic acids is 1. The van der Waals surface area contributed by atoms with Crippen LogP contribution in [0.25, 0.3) is 0 Å². The lowest BCUT2D eigenvalue weighted by atomic mass is 9.75. The van der Waals surface area contributed by atoms with Gasteiger partial charge < -0.3 is 9.80 Å². The Morgan fingerprint density at radius 3 is 2.40 bits per heavy atom. The molecular weight excluding hydrogens is 398 g/mol. The Morgan fingerprint density at radius 2 is 1.70 bits per heavy atom. The third kappa shape index (κ3) is 4.58. The summed E-state index contributed by atoms with van der Waals surface area (Å²) in [6, 6.07) is 5.34. The number of sulfonamides is 1. The molecule has 2 atom stereocenters. The Hall–Kier alpha value is -1.44. The minimum Gasteiger partial charge on any atom is -0.338 e. The number of aryl methyl sites for hydroxylation is 2. The number of quaternary nitrogens is 1. The van der Waals surface area contributed by atoms with Crippen LogP contribution in [0.3, 0.4) is 0 Å². The van der Waals surface area contributed by atoms with Crippen LogP contribution in [0.4, 0.5) is 0 Å². The first-order valence-electron chi connectivity index (χ1n) is 11.5. The van der Waals surface area contributed by atoms with E-state index in [1.165, 1.54) is 30.6 Å². The molecule has 30 heavy (non-hydrogen) atoms. The zero-order chi connectivity index (χ0) is 21.3. The van der Waals surface area contributed by atoms with E-state index in [2.05, 4.69) is 4.90 Å². The van der Waals surface area contributed by atoms with Crippen LogP contribution < -0.4 is 4.90 Å². The number of hydrogen-bond acceptors (Lipinski definition) is 3. The number of hydrogen-bond donors (Lipinski definition) is 1. The van der Waals surface area contributed by atoms with Gasteiger partial charge in [0.15, 0.2) is 6.54 Å². The summed E-state index contributed by atoms with van der Waals surface area (Å²) >= 11 is 0. The highest BCUT2D eigenvalue weighted by Gasteiger charge is 2.35. The van der Waals surface area contributed by atoms with E-state index in [1.54, 1.807) is 16.4 Å². The summed E-state index contributed by atoms with van der Waals surface area (Å²) in [4.78, 5) is 16.5. The predicted molar refractivity (Wildman–Crippen MR) is 117 cm³/mol. The molecule has 1 aromatic carbocycles. The molecule has 2 saturated heterocycles. The van der Waals surface area contributed by atoms with Crippen LogP contribution in [0, 0.1) is 25.7 Å². The molecule has 166 valence electrons. The summed E-state index contributed by atoms with van der Waals surface area (Å²) in [6.45, 7) is 8.59. The molecule has 0 unspecified atom stereocenters. The monoisotopic (exact) mass is 434 g/mol. The van der Waals surface area contributed by atoms with Crippen molar-refractivity contribution in [3.63, 3.8) is 0 Å². The van der Waals surface area contributed by atoms with Crippen molar-refractivity contribution in [3.05, 3.63) is 29.3 Å². The van der Waals surface area contributed by atoms with E-state index < -0.39 is 10.0 Å². The van der Waals surface area contributed by atoms with E-state index in [0.29, 0.717) is 43.5 Å². The molecule has 3 fully saturated rings. The van der Waals surface area contributed by atoms with Gasteiger partial charge in [0.25, 0.3) is 5.91 Å². The fourth-order valence-corrected chi connectivity index (χ4v) is 6.92. The first kappa shape index (κ1) is 21.8. The Morgan fingerprint density at radius 1 is 1.00 bits per heavy atom. The van der Waals surface area contributed by atoms with E-state index in [9.17, 15) is 13.2 Å². The fraction of sp³-hybridized carbons (Fsp3) is 0.696. The molecule has 1 aromatic rings. The molecule has 2 heterocycles. The predicted octanol–water partition coefficient (Wildman–Crippen LogP) is 1.23. The highest BCUT2D eigenvalue weighted by atomic mass is 32.2. The van der Waals surface area contributed by atoms with Crippen LogP contribution in [0.15, 0.2) is 23.1 Å². The van der Waals surface area contributed by atoms with Crippen molar-refractivity contribution in [1.82, 2.24) is 9.21 Å². The number of carbonyl (C=O) groups is 1. The van der Waals surface area contributed by atoms with Gasteiger partial charge in [-0.2, -0.15) is 4.31 Å². The lowest BCUT2D eigenvalue weighted by Crippen LogP contribution is -3.15. The van der Waals surface area contributed by atoms with Crippen LogP contribution in [0.5, 0.6) is 0 Å². The highest BCUT2D eigenvalue weighted by Crippen LogP contribution is 2.35. The van der Waals surface area contributed by atoms with Crippen molar-refractivity contribution in [3.8, 4) is 0 Å². The van der Waals surface area contributed by atoms with Crippen molar-refractivity contribution in [1.29, 1.82) is 0 Å². The molecule has 1 aliphatic carbocycles. The van der Waals surface area contributed by atoms with Crippen LogP contribution in [-0.2, 0) is 14.8 Å². The van der Waals surface area contributed by atoms with Crippen molar-refractivity contribution in [2.75, 3.05) is 45.8 Å². The van der Waals surface area contributed by atoms with Gasteiger partial charge in [-0.1, -0.05) is 25.3 Å². The summed E-state index contributed by atoms with van der Waals surface area (Å²) in [5.41, 5.74) is 2.09. The van der Waals surface area contributed by atoms with Crippen LogP contribution in [0.2, 0.25) is 0 Å². The van der Waals surface area contributed by atoms with Gasteiger partial charge in [0.05, 0.1) is 31.1 Å². The standard InChI is InChI=1S/C23H35N3O3S/c1-18-7-8-22(15-19(18)2)30(28,29)26-13-11-24(12-14-26)17-23(27)25-10-9-20-5-3-4-6-21(20)16-25/h7-8,15,20-21H,3-6,9-14,16-17H2,1-2H3/p+1/t20-,21+/m0/s1. The maximum atomic E-state index is 13.0. The van der Waals surface area contributed by atoms with E-state index in [0.717, 1.165) is 36.6 Å². The largest absolute Gasteiger partial charge is 0.338 e. The molecular formula is C23H36N3O3S+. The molecule has 7 heteroatoms. The topological polar surface area (TPSA) is 62.1 Å². The van der Waals surface area contributed by atoms with Gasteiger partial charge in [-0.3, -0.25) is 4.79 Å². The Labute approximate surface area is 181 Å². The van der Waals surface area contributed by atoms with Gasteiger partial charge in [-0.25, -0.2) is 8.42 Å². The van der Waals surface area contributed by atoms with Gasteiger partial charge >= 0.3 is 0 Å². The van der Waals surface area contributed by atoms with Crippen LogP contribution >= 0.6 is 0 Å². The second-order valence-electron chi connectivity index (χ2n) is 9.51. The molecule has 1 amide bonds. The molecule has 1 N–H and O–H groups in total. The fourth-order valence-electron chi connectivity index (χ4n) is 5.40. The molecule has 0 bridgehead atoms. The number of piperidine rings is 1. The van der Waals surface area contributed by atoms with E-state index in [1.807, 2.05) is 19.9 Å². The molecule has 1 saturated carbocycles. The Balaban J connectivity index is 1.30. The van der Waals surface area contributed by atoms with Gasteiger partial charge in [0, 0.05) is 13.1 Å². The number of benzene rings is 1. The van der Waals surface area contributed by atoms with Gasteiger partial charge in [-0.15, -0.1) is 0 Å². The first-order chi connectivity index (χ1) is 14.3. The summed E-state index contributed by atoms with van der Waals surface area (Å²) < 4.78 is 27.6. The normalized spacial score (nSPS) is 26.4. The minimum atomic E-state index is -3.46. The maximum Gasteiger partial charge on any atom is 0.277 e. The average Bonchev–Trinajstić information content (AvgIpc) is 2.75. The molecule has 0 aromatic heterocycles. The highest BCUT2D eigenvalue weighted by molar-refractivity contribution is 7.89. The number of nitrogens with zero attached hydrogens (tertiary/aromatic N) is 2. The molecule has 0 spiro atoms. The van der Waals surface area contributed by atoms with Crippen LogP contribution in [0.1, 0.15) is 43.2 Å². The molecule has 6 nitrogen and oxygen atoms in total. The zero-order valence-corrected chi connectivity index (χ0v) is 19.2. The number of piperazine rings is 1. The van der Waals surface area contributed by atoms with Gasteiger partial charge in [-0.05, 0) is 61.8 Å². The summed E-state index contributed by atoms with van der Waals surface area (Å²) in [7, 11) is -3.46. The molecule has 4 rings (SSSR count). The number of fused-ring (bicyclic) bond motifs is 1. The number of rotatable bonds is 4. The van der Waals surface area contributed by atoms with Crippen molar-refractivity contribution in [2.45, 2.75) is 50.8 Å². The van der Waals surface area contributed by atoms with E-state index >= 15 is 0 Å². The lowest BCUT2D eigenvalue weighted by Gasteiger charge is -2.41. The zero-order valence-electron chi connectivity index (χ0n) is 18.4. The van der Waals surface area contributed by atoms with Crippen molar-refractivity contribution in [2.24, 2.45) is 11.8 Å². The van der Waals surface area contributed by atoms with Crippen molar-refractivity contribution >= 4 is 15.9 Å². The molecule has 2 aliphatic heterocycles. The number of nitrogens with one attached hydrogen (secondary N) is 1. The number of likely N-dealkylation sites (tertiary alicyclic amines) is 1. The van der Waals surface area contributed by atoms with Gasteiger partial charge in [0.1, 0.15) is 0 Å². The number of amides is 1. The lowest BCUT2D eigenvalue weighted by molar-refractivity contribution is -0.896. The Bertz CT molecular complexity index is 878. The van der Waals surface area contributed by atoms with Crippen molar-refractivity contribution < 1.29 is 18.1 Å². The first-order valence-corrected chi connectivity index (χ1v) is 13.0. The van der Waals surface area contributed by atoms with E-state index in [-0.39, 0.29) is 5.91 Å². The SMILES string of the molecule is Cc1ccc(S(=O)(=O)N2CC[NH+](CC(=O)N3CC[C@@H]4CCCC[C@@H]4C3)CC2)cc1C. The second-order valence-corrected chi connectivity index (χ2v) is 11.4. The second kappa shape index (κ2) is 8.97. The van der Waals surface area contributed by atoms with Gasteiger partial charge in [0.2, 0.25) is 10.0 Å². The molecule has 0 radical (unpaired) electrons. The molecule has 3 aliphatic rings. The maximum absolute atomic E-state index is 13.0. The third-order valence-electron chi connectivity index (χ3n) is 7.59. The smallest absolute Gasteiger partial charge is 0.277 e. The summed E-state index contributed by atoms with van der Waals surface area (Å²) in [5, 5.41) is 0. The summed E-state index contributed by atoms with van der Waals surface area (Å²) in [5.74, 6) is 1.78. The van der Waals surface area contributed by atoms with Crippen LogP contribution in [-0.4, -0.2) is 69.3 Å². The average molecular weight is 435 g/mol. The third-order valence-corrected chi connectivity index (χ3v) is 9.49. The minimum absolute atomic E-state index is 0.250. The summed E-state index contributed by atoms with van der Waals surface area (Å²) in [6.07, 6.45) is 6.44. The van der Waals surface area contributed by atoms with E-state index in [4.69, 9.17) is 0 Å². The Kier molecular flexibility index (Phi) is 6.51.